The molecule has 19 heavy (non-hydrogen) atoms. The second-order valence-electron chi connectivity index (χ2n) is 5.29. The fourth-order valence-electron chi connectivity index (χ4n) is 2.73. The maximum absolute atomic E-state index is 11.9. The number of hydrogen-bond acceptors (Lipinski definition) is 2. The van der Waals surface area contributed by atoms with E-state index in [-0.39, 0.29) is 0 Å². The standard InChI is InChI=1S/C15H20BrNO2/c1-15(14(18)19,12-6-8-13(16)9-7-12)17-10-4-2-3-5-11-17/h6-9H,2-5,10-11H2,1H3,(H,18,19). The van der Waals surface area contributed by atoms with Gasteiger partial charge in [-0.3, -0.25) is 4.90 Å². The highest BCUT2D eigenvalue weighted by Crippen LogP contribution is 2.31. The Hall–Kier alpha value is -0.870. The number of halogens is 1. The fraction of sp³-hybridized carbons (Fsp3) is 0.533. The van der Waals surface area contributed by atoms with Crippen LogP contribution in [0.15, 0.2) is 28.7 Å². The molecule has 1 N–H and O–H groups in total. The molecular formula is C15H20BrNO2. The second kappa shape index (κ2) is 6.06. The number of carboxylic acids is 1. The quantitative estimate of drug-likeness (QED) is 0.922. The molecule has 1 fully saturated rings. The van der Waals surface area contributed by atoms with Crippen molar-refractivity contribution in [3.8, 4) is 0 Å². The molecule has 0 bridgehead atoms. The summed E-state index contributed by atoms with van der Waals surface area (Å²) in [5.41, 5.74) is -0.0736. The van der Waals surface area contributed by atoms with Crippen molar-refractivity contribution in [3.05, 3.63) is 34.3 Å². The Morgan fingerprint density at radius 2 is 1.68 bits per heavy atom. The molecule has 0 amide bonds. The van der Waals surface area contributed by atoms with Gasteiger partial charge in [-0.15, -0.1) is 0 Å². The van der Waals surface area contributed by atoms with Crippen LogP contribution in [0, 0.1) is 0 Å². The average Bonchev–Trinajstić information content (AvgIpc) is 2.67. The van der Waals surface area contributed by atoms with Gasteiger partial charge in [0, 0.05) is 4.47 Å². The Morgan fingerprint density at radius 1 is 1.16 bits per heavy atom. The minimum Gasteiger partial charge on any atom is -0.480 e. The summed E-state index contributed by atoms with van der Waals surface area (Å²) in [5.74, 6) is -0.767. The van der Waals surface area contributed by atoms with Gasteiger partial charge in [-0.1, -0.05) is 40.9 Å². The zero-order valence-corrected chi connectivity index (χ0v) is 12.8. The summed E-state index contributed by atoms with van der Waals surface area (Å²) < 4.78 is 0.972. The van der Waals surface area contributed by atoms with Crippen LogP contribution in [0.5, 0.6) is 0 Å². The van der Waals surface area contributed by atoms with Crippen LogP contribution >= 0.6 is 15.9 Å². The number of benzene rings is 1. The maximum atomic E-state index is 11.9. The van der Waals surface area contributed by atoms with E-state index in [2.05, 4.69) is 20.8 Å². The lowest BCUT2D eigenvalue weighted by molar-refractivity contribution is -0.151. The number of carboxylic acid groups (broad SMARTS) is 1. The lowest BCUT2D eigenvalue weighted by atomic mass is 9.89. The largest absolute Gasteiger partial charge is 0.480 e. The number of carbonyl (C=O) groups is 1. The zero-order chi connectivity index (χ0) is 13.9. The highest BCUT2D eigenvalue weighted by Gasteiger charge is 2.41. The molecule has 1 aliphatic rings. The van der Waals surface area contributed by atoms with Crippen LogP contribution in [0.4, 0.5) is 0 Å². The highest BCUT2D eigenvalue weighted by molar-refractivity contribution is 9.10. The van der Waals surface area contributed by atoms with Gasteiger partial charge in [0.15, 0.2) is 0 Å². The van der Waals surface area contributed by atoms with Gasteiger partial charge < -0.3 is 5.11 Å². The van der Waals surface area contributed by atoms with Crippen molar-refractivity contribution in [2.24, 2.45) is 0 Å². The van der Waals surface area contributed by atoms with Gasteiger partial charge in [-0.25, -0.2) is 4.79 Å². The van der Waals surface area contributed by atoms with Crippen molar-refractivity contribution in [3.63, 3.8) is 0 Å². The molecule has 0 saturated carbocycles. The van der Waals surface area contributed by atoms with Crippen LogP contribution in [0.3, 0.4) is 0 Å². The summed E-state index contributed by atoms with van der Waals surface area (Å²) in [6.07, 6.45) is 4.57. The van der Waals surface area contributed by atoms with Crippen molar-refractivity contribution in [2.45, 2.75) is 38.1 Å². The molecule has 104 valence electrons. The Morgan fingerprint density at radius 3 is 2.16 bits per heavy atom. The van der Waals surface area contributed by atoms with Crippen molar-refractivity contribution < 1.29 is 9.90 Å². The molecule has 1 saturated heterocycles. The predicted molar refractivity (Wildman–Crippen MR) is 79.2 cm³/mol. The normalized spacial score (nSPS) is 20.5. The Labute approximate surface area is 122 Å². The van der Waals surface area contributed by atoms with Crippen LogP contribution in [0.1, 0.15) is 38.2 Å². The predicted octanol–water partition coefficient (Wildman–Crippen LogP) is 3.62. The molecule has 0 aromatic heterocycles. The molecule has 1 aromatic rings. The van der Waals surface area contributed by atoms with Crippen LogP contribution in [-0.2, 0) is 10.3 Å². The first-order valence-corrected chi connectivity index (χ1v) is 7.59. The third kappa shape index (κ3) is 3.00. The molecule has 1 unspecified atom stereocenters. The van der Waals surface area contributed by atoms with E-state index in [0.29, 0.717) is 0 Å². The number of likely N-dealkylation sites (tertiary alicyclic amines) is 1. The van der Waals surface area contributed by atoms with E-state index in [1.165, 1.54) is 12.8 Å². The molecule has 2 rings (SSSR count). The molecule has 0 radical (unpaired) electrons. The summed E-state index contributed by atoms with van der Waals surface area (Å²) in [7, 11) is 0. The first kappa shape index (κ1) is 14.5. The van der Waals surface area contributed by atoms with Crippen LogP contribution < -0.4 is 0 Å². The van der Waals surface area contributed by atoms with Crippen LogP contribution in [-0.4, -0.2) is 29.1 Å². The zero-order valence-electron chi connectivity index (χ0n) is 11.2. The highest BCUT2D eigenvalue weighted by atomic mass is 79.9. The SMILES string of the molecule is CC(C(=O)O)(c1ccc(Br)cc1)N1CCCCCC1. The number of aliphatic carboxylic acids is 1. The maximum Gasteiger partial charge on any atom is 0.328 e. The van der Waals surface area contributed by atoms with E-state index in [1.54, 1.807) is 0 Å². The minimum atomic E-state index is -0.926. The van der Waals surface area contributed by atoms with Crippen LogP contribution in [0.2, 0.25) is 0 Å². The summed E-state index contributed by atoms with van der Waals surface area (Å²) in [6, 6.07) is 7.63. The van der Waals surface area contributed by atoms with E-state index in [1.807, 2.05) is 31.2 Å². The molecule has 4 heteroatoms. The Balaban J connectivity index is 2.35. The van der Waals surface area contributed by atoms with E-state index in [4.69, 9.17) is 0 Å². The summed E-state index contributed by atoms with van der Waals surface area (Å²) in [5, 5.41) is 9.75. The van der Waals surface area contributed by atoms with Crippen molar-refractivity contribution in [1.82, 2.24) is 4.90 Å². The topological polar surface area (TPSA) is 40.5 Å². The molecule has 3 nitrogen and oxygen atoms in total. The molecule has 1 atom stereocenters. The number of nitrogens with zero attached hydrogens (tertiary/aromatic N) is 1. The second-order valence-corrected chi connectivity index (χ2v) is 6.20. The molecule has 1 heterocycles. The smallest absolute Gasteiger partial charge is 0.328 e. The third-order valence-corrected chi connectivity index (χ3v) is 4.59. The first-order chi connectivity index (χ1) is 9.05. The van der Waals surface area contributed by atoms with Crippen molar-refractivity contribution >= 4 is 21.9 Å². The van der Waals surface area contributed by atoms with Crippen LogP contribution in [0.25, 0.3) is 0 Å². The Bertz CT molecular complexity index is 438. The van der Waals surface area contributed by atoms with Gasteiger partial charge in [-0.05, 0) is 50.6 Å². The van der Waals surface area contributed by atoms with E-state index >= 15 is 0 Å². The van der Waals surface area contributed by atoms with Gasteiger partial charge in [0.05, 0.1) is 0 Å². The Kier molecular flexibility index (Phi) is 4.63. The number of hydrogen-bond donors (Lipinski definition) is 1. The average molecular weight is 326 g/mol. The molecule has 1 aromatic carbocycles. The first-order valence-electron chi connectivity index (χ1n) is 6.79. The lowest BCUT2D eigenvalue weighted by Gasteiger charge is -2.37. The molecule has 0 aliphatic carbocycles. The van der Waals surface area contributed by atoms with Crippen molar-refractivity contribution in [1.29, 1.82) is 0 Å². The van der Waals surface area contributed by atoms with Crippen molar-refractivity contribution in [2.75, 3.05) is 13.1 Å². The third-order valence-electron chi connectivity index (χ3n) is 4.06. The summed E-state index contributed by atoms with van der Waals surface area (Å²) in [4.78, 5) is 14.0. The fourth-order valence-corrected chi connectivity index (χ4v) is 3.00. The summed E-state index contributed by atoms with van der Waals surface area (Å²) in [6.45, 7) is 3.54. The van der Waals surface area contributed by atoms with E-state index < -0.39 is 11.5 Å². The molecule has 1 aliphatic heterocycles. The van der Waals surface area contributed by atoms with Gasteiger partial charge in [0.25, 0.3) is 0 Å². The molecule has 0 spiro atoms. The van der Waals surface area contributed by atoms with Gasteiger partial charge >= 0.3 is 5.97 Å². The van der Waals surface area contributed by atoms with Gasteiger partial charge in [0.2, 0.25) is 0 Å². The van der Waals surface area contributed by atoms with Gasteiger partial charge in [0.1, 0.15) is 5.54 Å². The van der Waals surface area contributed by atoms with E-state index in [0.717, 1.165) is 36.0 Å². The minimum absolute atomic E-state index is 0.767. The summed E-state index contributed by atoms with van der Waals surface area (Å²) >= 11 is 3.40. The lowest BCUT2D eigenvalue weighted by Crippen LogP contribution is -2.50. The van der Waals surface area contributed by atoms with E-state index in [9.17, 15) is 9.90 Å². The molecular weight excluding hydrogens is 306 g/mol. The number of rotatable bonds is 3. The monoisotopic (exact) mass is 325 g/mol. The van der Waals surface area contributed by atoms with Gasteiger partial charge in [-0.2, -0.15) is 0 Å².